The topological polar surface area (TPSA) is 86.7 Å². The molecule has 2 heterocycles. The molecule has 2 atom stereocenters. The lowest BCUT2D eigenvalue weighted by molar-refractivity contribution is -0.142. The van der Waals surface area contributed by atoms with Gasteiger partial charge in [-0.25, -0.2) is 0 Å². The van der Waals surface area contributed by atoms with Crippen molar-refractivity contribution >= 4 is 27.5 Å². The van der Waals surface area contributed by atoms with Gasteiger partial charge in [0.25, 0.3) is 10.2 Å². The molecule has 1 fully saturated rings. The summed E-state index contributed by atoms with van der Waals surface area (Å²) in [5.41, 5.74) is 1.09. The maximum absolute atomic E-state index is 12.3. The van der Waals surface area contributed by atoms with Gasteiger partial charge in [-0.2, -0.15) is 28.8 Å². The predicted molar refractivity (Wildman–Crippen MR) is 81.5 cm³/mol. The minimum Gasteiger partial charge on any atom is -0.481 e. The van der Waals surface area contributed by atoms with E-state index in [4.69, 9.17) is 5.11 Å². The molecule has 0 saturated carbocycles. The van der Waals surface area contributed by atoms with Crippen LogP contribution in [0.4, 0.5) is 0 Å². The summed E-state index contributed by atoms with van der Waals surface area (Å²) in [6, 6.07) is 1.74. The summed E-state index contributed by atoms with van der Waals surface area (Å²) < 4.78 is 28.5. The first-order valence-electron chi connectivity index (χ1n) is 6.90. The van der Waals surface area contributed by atoms with Gasteiger partial charge in [-0.3, -0.25) is 4.79 Å². The van der Waals surface area contributed by atoms with Crippen LogP contribution in [0.2, 0.25) is 0 Å². The van der Waals surface area contributed by atoms with Crippen LogP contribution in [0.5, 0.6) is 0 Å². The fourth-order valence-electron chi connectivity index (χ4n) is 2.50. The molecule has 0 radical (unpaired) electrons. The number of hydrogen-bond acceptors (Lipinski definition) is 4. The minimum atomic E-state index is -3.63. The Morgan fingerprint density at radius 3 is 3.00 bits per heavy atom. The van der Waals surface area contributed by atoms with Crippen LogP contribution >= 0.6 is 11.3 Å². The Kier molecular flexibility index (Phi) is 5.37. The summed E-state index contributed by atoms with van der Waals surface area (Å²) in [6.45, 7) is 2.24. The van der Waals surface area contributed by atoms with E-state index in [9.17, 15) is 13.2 Å². The molecule has 6 nitrogen and oxygen atoms in total. The van der Waals surface area contributed by atoms with Gasteiger partial charge in [0.2, 0.25) is 0 Å². The van der Waals surface area contributed by atoms with Crippen molar-refractivity contribution < 1.29 is 18.3 Å². The van der Waals surface area contributed by atoms with Crippen LogP contribution in [-0.4, -0.2) is 42.9 Å². The van der Waals surface area contributed by atoms with Crippen LogP contribution < -0.4 is 4.72 Å². The first kappa shape index (κ1) is 16.4. The fourth-order valence-corrected chi connectivity index (χ4v) is 4.66. The maximum atomic E-state index is 12.3. The number of piperidine rings is 1. The molecule has 1 aromatic rings. The smallest absolute Gasteiger partial charge is 0.307 e. The lowest BCUT2D eigenvalue weighted by Crippen LogP contribution is -2.49. The molecule has 0 aliphatic carbocycles. The summed E-state index contributed by atoms with van der Waals surface area (Å²) >= 11 is 1.58. The van der Waals surface area contributed by atoms with E-state index in [0.29, 0.717) is 25.8 Å². The molecule has 2 rings (SSSR count). The van der Waals surface area contributed by atoms with Crippen LogP contribution in [-0.2, 0) is 21.4 Å². The van der Waals surface area contributed by atoms with Gasteiger partial charge in [0.15, 0.2) is 0 Å². The molecule has 1 aliphatic rings. The lowest BCUT2D eigenvalue weighted by atomic mass is 10.0. The Labute approximate surface area is 129 Å². The van der Waals surface area contributed by atoms with Gasteiger partial charge < -0.3 is 5.11 Å². The second-order valence-electron chi connectivity index (χ2n) is 5.40. The molecule has 1 aliphatic heterocycles. The number of rotatable bonds is 6. The largest absolute Gasteiger partial charge is 0.481 e. The van der Waals surface area contributed by atoms with Crippen LogP contribution in [0.15, 0.2) is 16.8 Å². The van der Waals surface area contributed by atoms with Crippen molar-refractivity contribution in [3.8, 4) is 0 Å². The third-order valence-corrected chi connectivity index (χ3v) is 5.99. The molecular weight excluding hydrogens is 312 g/mol. The Morgan fingerprint density at radius 2 is 2.38 bits per heavy atom. The van der Waals surface area contributed by atoms with Gasteiger partial charge in [0, 0.05) is 19.1 Å². The van der Waals surface area contributed by atoms with Crippen molar-refractivity contribution in [1.82, 2.24) is 9.03 Å². The number of carboxylic acids is 1. The second kappa shape index (κ2) is 6.87. The SMILES string of the molecule is CC(Cc1ccsc1)NS(=O)(=O)N1CCCC(C(=O)O)C1. The van der Waals surface area contributed by atoms with Crippen molar-refractivity contribution in [2.45, 2.75) is 32.2 Å². The Balaban J connectivity index is 1.95. The van der Waals surface area contributed by atoms with E-state index in [1.54, 1.807) is 11.3 Å². The van der Waals surface area contributed by atoms with Crippen LogP contribution in [0.3, 0.4) is 0 Å². The van der Waals surface area contributed by atoms with E-state index >= 15 is 0 Å². The monoisotopic (exact) mass is 332 g/mol. The number of carbonyl (C=O) groups is 1. The number of carboxylic acid groups (broad SMARTS) is 1. The standard InChI is InChI=1S/C13H20N2O4S2/c1-10(7-11-4-6-20-9-11)14-21(18,19)15-5-2-3-12(8-15)13(16)17/h4,6,9-10,12,14H,2-3,5,7-8H2,1H3,(H,16,17). The highest BCUT2D eigenvalue weighted by atomic mass is 32.2. The number of thiophene rings is 1. The highest BCUT2D eigenvalue weighted by Crippen LogP contribution is 2.19. The van der Waals surface area contributed by atoms with Crippen molar-refractivity contribution in [3.63, 3.8) is 0 Å². The zero-order valence-corrected chi connectivity index (χ0v) is 13.5. The maximum Gasteiger partial charge on any atom is 0.307 e. The molecule has 0 bridgehead atoms. The first-order chi connectivity index (χ1) is 9.88. The summed E-state index contributed by atoms with van der Waals surface area (Å²) in [4.78, 5) is 11.0. The van der Waals surface area contributed by atoms with Crippen molar-refractivity contribution in [2.75, 3.05) is 13.1 Å². The van der Waals surface area contributed by atoms with Gasteiger partial charge >= 0.3 is 5.97 Å². The molecule has 118 valence electrons. The van der Waals surface area contributed by atoms with Gasteiger partial charge in [-0.15, -0.1) is 0 Å². The van der Waals surface area contributed by atoms with Crippen LogP contribution in [0.1, 0.15) is 25.3 Å². The normalized spacial score (nSPS) is 22.0. The second-order valence-corrected chi connectivity index (χ2v) is 7.88. The predicted octanol–water partition coefficient (Wildman–Crippen LogP) is 1.31. The molecule has 21 heavy (non-hydrogen) atoms. The van der Waals surface area contributed by atoms with Crippen LogP contribution in [0, 0.1) is 5.92 Å². The van der Waals surface area contributed by atoms with E-state index in [2.05, 4.69) is 4.72 Å². The van der Waals surface area contributed by atoms with Gasteiger partial charge in [0.05, 0.1) is 5.92 Å². The molecule has 2 unspecified atom stereocenters. The molecule has 0 amide bonds. The van der Waals surface area contributed by atoms with Gasteiger partial charge in [-0.05, 0) is 48.6 Å². The quantitative estimate of drug-likeness (QED) is 0.822. The van der Waals surface area contributed by atoms with Crippen LogP contribution in [0.25, 0.3) is 0 Å². The Bertz CT molecular complexity index is 571. The highest BCUT2D eigenvalue weighted by Gasteiger charge is 2.32. The first-order valence-corrected chi connectivity index (χ1v) is 9.28. The van der Waals surface area contributed by atoms with E-state index < -0.39 is 22.1 Å². The molecule has 0 aromatic carbocycles. The molecule has 1 saturated heterocycles. The molecular formula is C13H20N2O4S2. The van der Waals surface area contributed by atoms with E-state index in [1.165, 1.54) is 4.31 Å². The molecule has 8 heteroatoms. The average molecular weight is 332 g/mol. The summed E-state index contributed by atoms with van der Waals surface area (Å²) in [5.74, 6) is -1.54. The summed E-state index contributed by atoms with van der Waals surface area (Å²) in [6.07, 6.45) is 1.74. The van der Waals surface area contributed by atoms with Gasteiger partial charge in [-0.1, -0.05) is 0 Å². The number of nitrogens with zero attached hydrogens (tertiary/aromatic N) is 1. The highest BCUT2D eigenvalue weighted by molar-refractivity contribution is 7.87. The minimum absolute atomic E-state index is 0.0514. The lowest BCUT2D eigenvalue weighted by Gasteiger charge is -2.30. The number of aliphatic carboxylic acids is 1. The summed E-state index contributed by atoms with van der Waals surface area (Å²) in [7, 11) is -3.63. The van der Waals surface area contributed by atoms with Gasteiger partial charge in [0.1, 0.15) is 0 Å². The fraction of sp³-hybridized carbons (Fsp3) is 0.615. The van der Waals surface area contributed by atoms with E-state index in [1.807, 2.05) is 23.8 Å². The van der Waals surface area contributed by atoms with E-state index in [-0.39, 0.29) is 12.6 Å². The number of nitrogens with one attached hydrogen (secondary N) is 1. The Morgan fingerprint density at radius 1 is 1.62 bits per heavy atom. The molecule has 0 spiro atoms. The third kappa shape index (κ3) is 4.50. The van der Waals surface area contributed by atoms with Crippen molar-refractivity contribution in [1.29, 1.82) is 0 Å². The zero-order valence-electron chi connectivity index (χ0n) is 11.9. The van der Waals surface area contributed by atoms with Crippen molar-refractivity contribution in [2.24, 2.45) is 5.92 Å². The average Bonchev–Trinajstić information content (AvgIpc) is 2.91. The molecule has 1 aromatic heterocycles. The third-order valence-electron chi connectivity index (χ3n) is 3.55. The zero-order chi connectivity index (χ0) is 15.5. The Hall–Kier alpha value is -0.960. The van der Waals surface area contributed by atoms with E-state index in [0.717, 1.165) is 5.56 Å². The van der Waals surface area contributed by atoms with Crippen molar-refractivity contribution in [3.05, 3.63) is 22.4 Å². The summed E-state index contributed by atoms with van der Waals surface area (Å²) in [5, 5.41) is 13.0. The molecule has 2 N–H and O–H groups in total. The number of hydrogen-bond donors (Lipinski definition) is 2.